The Morgan fingerprint density at radius 3 is 2.89 bits per heavy atom. The molecule has 0 aliphatic rings. The van der Waals surface area contributed by atoms with Gasteiger partial charge in [-0.1, -0.05) is 5.92 Å². The molecule has 0 aromatic rings. The summed E-state index contributed by atoms with van der Waals surface area (Å²) in [5, 5.41) is 2.41. The molecule has 0 atom stereocenters. The summed E-state index contributed by atoms with van der Waals surface area (Å²) in [5.41, 5.74) is 0. The number of rotatable bonds is 1. The predicted molar refractivity (Wildman–Crippen MR) is 32.5 cm³/mol. The van der Waals surface area contributed by atoms with Gasteiger partial charge in [-0.25, -0.2) is 0 Å². The lowest BCUT2D eigenvalue weighted by Crippen LogP contribution is -2.19. The maximum Gasteiger partial charge on any atom is 0.217 e. The molecule has 1 amide bonds. The Morgan fingerprint density at radius 2 is 2.44 bits per heavy atom. The van der Waals surface area contributed by atoms with Crippen LogP contribution in [0.5, 0.6) is 0 Å². The summed E-state index contributed by atoms with van der Waals surface area (Å²) in [6, 6.07) is 0. The highest BCUT2D eigenvalue weighted by Gasteiger charge is 1.82. The van der Waals surface area contributed by atoms with Crippen LogP contribution in [0.15, 0.2) is 0 Å². The van der Waals surface area contributed by atoms with Gasteiger partial charge in [-0.15, -0.1) is 0 Å². The second-order valence-corrected chi connectivity index (χ2v) is 1.35. The first-order valence-corrected chi connectivity index (χ1v) is 2.44. The molecule has 0 saturated carbocycles. The van der Waals surface area contributed by atoms with Crippen LogP contribution in [0.1, 0.15) is 6.92 Å². The van der Waals surface area contributed by atoms with E-state index in [4.69, 9.17) is 0 Å². The van der Waals surface area contributed by atoms with Crippen molar-refractivity contribution in [3.05, 3.63) is 0 Å². The van der Waals surface area contributed by atoms with Gasteiger partial charge in [-0.2, -0.15) is 0 Å². The van der Waals surface area contributed by atoms with Crippen molar-refractivity contribution < 1.29 is 9.59 Å². The number of aldehydes is 1. The fourth-order valence-electron chi connectivity index (χ4n) is 0.261. The van der Waals surface area contributed by atoms with Crippen molar-refractivity contribution in [3.63, 3.8) is 0 Å². The van der Waals surface area contributed by atoms with E-state index in [0.717, 1.165) is 0 Å². The van der Waals surface area contributed by atoms with Crippen LogP contribution in [0, 0.1) is 11.8 Å². The molecular weight excluding hydrogens is 118 g/mol. The molecule has 0 aliphatic carbocycles. The van der Waals surface area contributed by atoms with E-state index in [0.29, 0.717) is 6.29 Å². The third-order valence-electron chi connectivity index (χ3n) is 0.587. The summed E-state index contributed by atoms with van der Waals surface area (Å²) < 4.78 is 0. The third-order valence-corrected chi connectivity index (χ3v) is 0.587. The molecule has 48 valence electrons. The molecule has 9 heavy (non-hydrogen) atoms. The summed E-state index contributed by atoms with van der Waals surface area (Å²) in [4.78, 5) is 19.7. The van der Waals surface area contributed by atoms with Crippen molar-refractivity contribution >= 4 is 12.2 Å². The van der Waals surface area contributed by atoms with Crippen LogP contribution in [0.25, 0.3) is 0 Å². The zero-order valence-electron chi connectivity index (χ0n) is 5.10. The minimum atomic E-state index is -0.143. The Hall–Kier alpha value is -1.30. The quantitative estimate of drug-likeness (QED) is 0.373. The van der Waals surface area contributed by atoms with Gasteiger partial charge in [0.05, 0.1) is 6.54 Å². The van der Waals surface area contributed by atoms with Gasteiger partial charge >= 0.3 is 0 Å². The minimum Gasteiger partial charge on any atom is -0.345 e. The smallest absolute Gasteiger partial charge is 0.217 e. The van der Waals surface area contributed by atoms with E-state index < -0.39 is 0 Å². The Labute approximate surface area is 53.4 Å². The fraction of sp³-hybridized carbons (Fsp3) is 0.333. The summed E-state index contributed by atoms with van der Waals surface area (Å²) in [7, 11) is 0. The van der Waals surface area contributed by atoms with Gasteiger partial charge in [0.25, 0.3) is 0 Å². The number of hydrogen-bond donors (Lipinski definition) is 1. The number of nitrogens with one attached hydrogen (secondary N) is 1. The van der Waals surface area contributed by atoms with E-state index in [1.807, 2.05) is 0 Å². The van der Waals surface area contributed by atoms with Gasteiger partial charge in [0, 0.05) is 6.92 Å². The first-order chi connectivity index (χ1) is 4.27. The first kappa shape index (κ1) is 7.70. The van der Waals surface area contributed by atoms with E-state index in [1.54, 1.807) is 0 Å². The van der Waals surface area contributed by atoms with Crippen molar-refractivity contribution in [2.24, 2.45) is 0 Å². The van der Waals surface area contributed by atoms with Gasteiger partial charge in [0.2, 0.25) is 5.91 Å². The van der Waals surface area contributed by atoms with Crippen LogP contribution in [0.2, 0.25) is 0 Å². The average molecular weight is 125 g/mol. The predicted octanol–water partition coefficient (Wildman–Crippen LogP) is -0.675. The summed E-state index contributed by atoms with van der Waals surface area (Å²) in [6.07, 6.45) is 0.488. The average Bonchev–Trinajstić information content (AvgIpc) is 1.80. The second kappa shape index (κ2) is 4.85. The Morgan fingerprint density at radius 1 is 1.78 bits per heavy atom. The molecule has 0 aromatic heterocycles. The fourth-order valence-corrected chi connectivity index (χ4v) is 0.261. The van der Waals surface area contributed by atoms with Crippen LogP contribution in [-0.4, -0.2) is 18.7 Å². The number of hydrogen-bond acceptors (Lipinski definition) is 2. The highest BCUT2D eigenvalue weighted by atomic mass is 16.1. The standard InChI is InChI=1S/C6H7NO2/c1-6(9)7-4-2-3-5-8/h5H,4H2,1H3,(H,7,9). The molecule has 0 saturated heterocycles. The molecule has 0 fully saturated rings. The maximum absolute atomic E-state index is 10.1. The lowest BCUT2D eigenvalue weighted by atomic mass is 10.5. The lowest BCUT2D eigenvalue weighted by molar-refractivity contribution is -0.118. The molecule has 0 aliphatic heterocycles. The van der Waals surface area contributed by atoms with E-state index in [2.05, 4.69) is 17.2 Å². The van der Waals surface area contributed by atoms with Crippen LogP contribution in [0.3, 0.4) is 0 Å². The molecule has 0 spiro atoms. The Kier molecular flexibility index (Phi) is 4.15. The van der Waals surface area contributed by atoms with E-state index in [1.165, 1.54) is 6.92 Å². The van der Waals surface area contributed by atoms with Gasteiger partial charge in [-0.3, -0.25) is 9.59 Å². The topological polar surface area (TPSA) is 46.2 Å². The van der Waals surface area contributed by atoms with Crippen molar-refractivity contribution in [2.75, 3.05) is 6.54 Å². The molecule has 0 rings (SSSR count). The molecule has 0 radical (unpaired) electrons. The second-order valence-electron chi connectivity index (χ2n) is 1.35. The molecule has 0 bridgehead atoms. The monoisotopic (exact) mass is 125 g/mol. The van der Waals surface area contributed by atoms with Gasteiger partial charge < -0.3 is 5.32 Å². The number of amides is 1. The van der Waals surface area contributed by atoms with Gasteiger partial charge in [-0.05, 0) is 5.92 Å². The van der Waals surface area contributed by atoms with Gasteiger partial charge in [0.1, 0.15) is 0 Å². The van der Waals surface area contributed by atoms with E-state index >= 15 is 0 Å². The molecule has 3 heteroatoms. The lowest BCUT2D eigenvalue weighted by Gasteiger charge is -1.89. The summed E-state index contributed by atoms with van der Waals surface area (Å²) in [5.74, 6) is 4.43. The van der Waals surface area contributed by atoms with Crippen molar-refractivity contribution in [1.82, 2.24) is 5.32 Å². The zero-order valence-corrected chi connectivity index (χ0v) is 5.10. The molecule has 0 unspecified atom stereocenters. The maximum atomic E-state index is 10.1. The molecule has 0 heterocycles. The summed E-state index contributed by atoms with van der Waals surface area (Å²) in [6.45, 7) is 1.64. The van der Waals surface area contributed by atoms with E-state index in [9.17, 15) is 9.59 Å². The van der Waals surface area contributed by atoms with Crippen LogP contribution >= 0.6 is 0 Å². The minimum absolute atomic E-state index is 0.143. The SMILES string of the molecule is CC(=O)NCC#CC=O. The Balaban J connectivity index is 3.29. The molecule has 3 nitrogen and oxygen atoms in total. The first-order valence-electron chi connectivity index (χ1n) is 2.44. The van der Waals surface area contributed by atoms with Crippen molar-refractivity contribution in [2.45, 2.75) is 6.92 Å². The van der Waals surface area contributed by atoms with Crippen molar-refractivity contribution in [3.8, 4) is 11.8 Å². The van der Waals surface area contributed by atoms with Gasteiger partial charge in [0.15, 0.2) is 6.29 Å². The highest BCUT2D eigenvalue weighted by molar-refractivity contribution is 5.74. The van der Waals surface area contributed by atoms with Crippen LogP contribution < -0.4 is 5.32 Å². The summed E-state index contributed by atoms with van der Waals surface area (Å²) >= 11 is 0. The molecular formula is C6H7NO2. The zero-order chi connectivity index (χ0) is 7.11. The number of carbonyl (C=O) groups is 2. The highest BCUT2D eigenvalue weighted by Crippen LogP contribution is 1.56. The molecule has 1 N–H and O–H groups in total. The van der Waals surface area contributed by atoms with Crippen molar-refractivity contribution in [1.29, 1.82) is 0 Å². The van der Waals surface area contributed by atoms with E-state index in [-0.39, 0.29) is 12.5 Å². The number of carbonyl (C=O) groups excluding carboxylic acids is 2. The largest absolute Gasteiger partial charge is 0.345 e. The Bertz CT molecular complexity index is 164. The normalized spacial score (nSPS) is 6.78. The third kappa shape index (κ3) is 6.70. The van der Waals surface area contributed by atoms with Crippen LogP contribution in [-0.2, 0) is 9.59 Å². The molecule has 0 aromatic carbocycles. The van der Waals surface area contributed by atoms with Crippen LogP contribution in [0.4, 0.5) is 0 Å².